The fourth-order valence-corrected chi connectivity index (χ4v) is 2.99. The first kappa shape index (κ1) is 9.67. The van der Waals surface area contributed by atoms with E-state index in [2.05, 4.69) is 40.0 Å². The second kappa shape index (κ2) is 3.07. The van der Waals surface area contributed by atoms with Crippen molar-refractivity contribution >= 4 is 30.9 Å². The SMILES string of the molecule is C[Si](C)(C)n1ccc2c(Cl)ncnc21. The zero-order chi connectivity index (χ0) is 10.3. The van der Waals surface area contributed by atoms with Crippen molar-refractivity contribution in [2.75, 3.05) is 0 Å². The Balaban J connectivity index is 2.76. The highest BCUT2D eigenvalue weighted by atomic mass is 35.5. The summed E-state index contributed by atoms with van der Waals surface area (Å²) in [7, 11) is -1.40. The first-order valence-corrected chi connectivity index (χ1v) is 8.31. The van der Waals surface area contributed by atoms with E-state index in [9.17, 15) is 0 Å². The predicted octanol–water partition coefficient (Wildman–Crippen LogP) is 2.77. The molecule has 0 saturated heterocycles. The summed E-state index contributed by atoms with van der Waals surface area (Å²) < 4.78 is 2.23. The smallest absolute Gasteiger partial charge is 0.154 e. The van der Waals surface area contributed by atoms with Gasteiger partial charge in [0.2, 0.25) is 0 Å². The van der Waals surface area contributed by atoms with Crippen LogP contribution in [-0.4, -0.2) is 22.4 Å². The molecular formula is C9H12ClN3Si. The molecular weight excluding hydrogens is 214 g/mol. The van der Waals surface area contributed by atoms with Gasteiger partial charge in [0, 0.05) is 0 Å². The van der Waals surface area contributed by atoms with Gasteiger partial charge in [-0.15, -0.1) is 0 Å². The highest BCUT2D eigenvalue weighted by molar-refractivity contribution is 6.75. The van der Waals surface area contributed by atoms with E-state index in [4.69, 9.17) is 11.6 Å². The molecule has 0 fully saturated rings. The van der Waals surface area contributed by atoms with Crippen molar-refractivity contribution < 1.29 is 0 Å². The number of rotatable bonds is 1. The Morgan fingerprint density at radius 3 is 2.64 bits per heavy atom. The molecule has 0 bridgehead atoms. The van der Waals surface area contributed by atoms with Gasteiger partial charge in [0.05, 0.1) is 5.39 Å². The van der Waals surface area contributed by atoms with E-state index in [1.54, 1.807) is 0 Å². The second-order valence-electron chi connectivity index (χ2n) is 4.26. The third-order valence-corrected chi connectivity index (χ3v) is 4.26. The molecule has 0 N–H and O–H groups in total. The lowest BCUT2D eigenvalue weighted by Crippen LogP contribution is -2.31. The van der Waals surface area contributed by atoms with E-state index in [1.807, 2.05) is 6.07 Å². The molecule has 3 nitrogen and oxygen atoms in total. The minimum atomic E-state index is -1.40. The Morgan fingerprint density at radius 1 is 1.29 bits per heavy atom. The van der Waals surface area contributed by atoms with Crippen LogP contribution in [0.3, 0.4) is 0 Å². The minimum Gasteiger partial charge on any atom is -0.360 e. The van der Waals surface area contributed by atoms with Crippen LogP contribution in [0, 0.1) is 0 Å². The monoisotopic (exact) mass is 225 g/mol. The Kier molecular flexibility index (Phi) is 2.12. The predicted molar refractivity (Wildman–Crippen MR) is 61.3 cm³/mol. The van der Waals surface area contributed by atoms with E-state index >= 15 is 0 Å². The minimum absolute atomic E-state index is 0.534. The van der Waals surface area contributed by atoms with Crippen LogP contribution in [0.2, 0.25) is 24.8 Å². The zero-order valence-corrected chi connectivity index (χ0v) is 10.2. The fourth-order valence-electron chi connectivity index (χ4n) is 1.46. The van der Waals surface area contributed by atoms with Crippen molar-refractivity contribution in [2.45, 2.75) is 19.6 Å². The van der Waals surface area contributed by atoms with Gasteiger partial charge in [0.15, 0.2) is 8.24 Å². The van der Waals surface area contributed by atoms with Crippen LogP contribution in [0.4, 0.5) is 0 Å². The quantitative estimate of drug-likeness (QED) is 0.552. The Hall–Kier alpha value is -0.873. The van der Waals surface area contributed by atoms with Gasteiger partial charge in [-0.2, -0.15) is 0 Å². The number of hydrogen-bond acceptors (Lipinski definition) is 2. The summed E-state index contributed by atoms with van der Waals surface area (Å²) in [6.07, 6.45) is 3.57. The fraction of sp³-hybridized carbons (Fsp3) is 0.333. The van der Waals surface area contributed by atoms with E-state index in [0.717, 1.165) is 11.0 Å². The van der Waals surface area contributed by atoms with Crippen LogP contribution in [0.15, 0.2) is 18.6 Å². The molecule has 2 rings (SSSR count). The first-order chi connectivity index (χ1) is 6.50. The molecule has 0 unspecified atom stereocenters. The molecule has 0 amide bonds. The molecule has 0 aliphatic rings. The van der Waals surface area contributed by atoms with Gasteiger partial charge in [-0.05, 0) is 12.3 Å². The number of halogens is 1. The largest absolute Gasteiger partial charge is 0.360 e. The van der Waals surface area contributed by atoms with Gasteiger partial charge >= 0.3 is 0 Å². The number of hydrogen-bond donors (Lipinski definition) is 0. The Bertz CT molecular complexity index is 472. The third kappa shape index (κ3) is 1.44. The van der Waals surface area contributed by atoms with Gasteiger partial charge in [-0.1, -0.05) is 31.2 Å². The molecule has 0 aromatic carbocycles. The standard InChI is InChI=1S/C9H12ClN3Si/c1-14(2,3)13-5-4-7-8(10)11-6-12-9(7)13/h4-6H,1-3H3. The van der Waals surface area contributed by atoms with E-state index in [1.165, 1.54) is 6.33 Å². The summed E-state index contributed by atoms with van der Waals surface area (Å²) in [5, 5.41) is 1.48. The lowest BCUT2D eigenvalue weighted by Gasteiger charge is -2.18. The average Bonchev–Trinajstić information content (AvgIpc) is 2.47. The summed E-state index contributed by atoms with van der Waals surface area (Å²) in [5.74, 6) is 0. The number of nitrogens with zero attached hydrogens (tertiary/aromatic N) is 3. The molecule has 0 aliphatic heterocycles. The van der Waals surface area contributed by atoms with E-state index in [0.29, 0.717) is 5.15 Å². The maximum atomic E-state index is 5.97. The summed E-state index contributed by atoms with van der Waals surface area (Å²) in [6.45, 7) is 6.80. The Labute approximate surface area is 88.8 Å². The van der Waals surface area contributed by atoms with E-state index < -0.39 is 8.24 Å². The number of aromatic nitrogens is 3. The second-order valence-corrected chi connectivity index (χ2v) is 9.44. The summed E-state index contributed by atoms with van der Waals surface area (Å²) in [4.78, 5) is 8.23. The molecule has 0 spiro atoms. The lowest BCUT2D eigenvalue weighted by atomic mass is 10.4. The molecule has 74 valence electrons. The highest BCUT2D eigenvalue weighted by Crippen LogP contribution is 2.22. The summed E-state index contributed by atoms with van der Waals surface area (Å²) in [6, 6.07) is 1.98. The Morgan fingerprint density at radius 2 is 2.00 bits per heavy atom. The van der Waals surface area contributed by atoms with Crippen molar-refractivity contribution in [3.63, 3.8) is 0 Å². The van der Waals surface area contributed by atoms with Gasteiger partial charge in [-0.3, -0.25) is 0 Å². The van der Waals surface area contributed by atoms with Crippen LogP contribution in [0.1, 0.15) is 0 Å². The molecule has 2 aromatic heterocycles. The molecule has 2 aromatic rings. The first-order valence-electron chi connectivity index (χ1n) is 4.48. The van der Waals surface area contributed by atoms with Crippen LogP contribution in [-0.2, 0) is 0 Å². The van der Waals surface area contributed by atoms with Gasteiger partial charge in [0.25, 0.3) is 0 Å². The summed E-state index contributed by atoms with van der Waals surface area (Å²) >= 11 is 5.97. The van der Waals surface area contributed by atoms with Gasteiger partial charge < -0.3 is 4.23 Å². The third-order valence-electron chi connectivity index (χ3n) is 2.16. The van der Waals surface area contributed by atoms with Crippen molar-refractivity contribution in [2.24, 2.45) is 0 Å². The summed E-state index contributed by atoms with van der Waals surface area (Å²) in [5.41, 5.74) is 0.948. The molecule has 5 heteroatoms. The zero-order valence-electron chi connectivity index (χ0n) is 8.45. The topological polar surface area (TPSA) is 30.7 Å². The van der Waals surface area contributed by atoms with Crippen molar-refractivity contribution in [1.82, 2.24) is 14.2 Å². The number of fused-ring (bicyclic) bond motifs is 1. The van der Waals surface area contributed by atoms with Gasteiger partial charge in [0.1, 0.15) is 17.1 Å². The van der Waals surface area contributed by atoms with E-state index in [-0.39, 0.29) is 0 Å². The van der Waals surface area contributed by atoms with Crippen molar-refractivity contribution in [3.05, 3.63) is 23.7 Å². The van der Waals surface area contributed by atoms with Crippen LogP contribution in [0.25, 0.3) is 11.0 Å². The maximum Gasteiger partial charge on any atom is 0.154 e. The van der Waals surface area contributed by atoms with Crippen LogP contribution >= 0.6 is 11.6 Å². The highest BCUT2D eigenvalue weighted by Gasteiger charge is 2.19. The van der Waals surface area contributed by atoms with Crippen molar-refractivity contribution in [1.29, 1.82) is 0 Å². The van der Waals surface area contributed by atoms with Crippen molar-refractivity contribution in [3.8, 4) is 0 Å². The van der Waals surface area contributed by atoms with Crippen LogP contribution in [0.5, 0.6) is 0 Å². The van der Waals surface area contributed by atoms with Crippen LogP contribution < -0.4 is 0 Å². The lowest BCUT2D eigenvalue weighted by molar-refractivity contribution is 1.12. The molecule has 0 radical (unpaired) electrons. The molecule has 14 heavy (non-hydrogen) atoms. The molecule has 0 aliphatic carbocycles. The maximum absolute atomic E-state index is 5.97. The molecule has 2 heterocycles. The molecule has 0 saturated carbocycles. The average molecular weight is 226 g/mol. The molecule has 0 atom stereocenters. The van der Waals surface area contributed by atoms with Gasteiger partial charge in [-0.25, -0.2) is 9.97 Å². The normalized spacial score (nSPS) is 12.3.